The van der Waals surface area contributed by atoms with Gasteiger partial charge in [0.1, 0.15) is 17.0 Å². The Hall–Kier alpha value is -2.89. The van der Waals surface area contributed by atoms with Gasteiger partial charge in [0, 0.05) is 0 Å². The number of benzene rings is 1. The van der Waals surface area contributed by atoms with Crippen LogP contribution in [0.5, 0.6) is 0 Å². The largest absolute Gasteiger partial charge is 0.462 e. The van der Waals surface area contributed by atoms with Crippen LogP contribution in [0.1, 0.15) is 54.4 Å². The SMILES string of the molecule is CCOC(=O)c1cc2c(=O)c3cc(C4CCCC4)ccc3oc2nc1N. The topological polar surface area (TPSA) is 95.4 Å². The van der Waals surface area contributed by atoms with Crippen LogP contribution in [0, 0.1) is 0 Å². The van der Waals surface area contributed by atoms with E-state index in [2.05, 4.69) is 4.98 Å². The Kier molecular flexibility index (Phi) is 4.11. The molecule has 1 fully saturated rings. The van der Waals surface area contributed by atoms with Gasteiger partial charge in [-0.3, -0.25) is 4.79 Å². The van der Waals surface area contributed by atoms with Crippen LogP contribution in [0.2, 0.25) is 0 Å². The third-order valence-corrected chi connectivity index (χ3v) is 5.04. The highest BCUT2D eigenvalue weighted by molar-refractivity contribution is 5.99. The molecule has 1 aliphatic rings. The number of esters is 1. The van der Waals surface area contributed by atoms with Crippen LogP contribution in [-0.4, -0.2) is 17.6 Å². The summed E-state index contributed by atoms with van der Waals surface area (Å²) in [5, 5.41) is 0.738. The molecule has 6 heteroatoms. The molecule has 2 heterocycles. The quantitative estimate of drug-likeness (QED) is 0.569. The summed E-state index contributed by atoms with van der Waals surface area (Å²) in [6.45, 7) is 1.92. The molecule has 1 aliphatic carbocycles. The zero-order valence-electron chi connectivity index (χ0n) is 14.6. The average Bonchev–Trinajstić information content (AvgIpc) is 3.16. The number of fused-ring (bicyclic) bond motifs is 2. The lowest BCUT2D eigenvalue weighted by Crippen LogP contribution is -2.12. The summed E-state index contributed by atoms with van der Waals surface area (Å²) in [6.07, 6.45) is 4.74. The van der Waals surface area contributed by atoms with Crippen molar-refractivity contribution < 1.29 is 13.9 Å². The number of carbonyl (C=O) groups excluding carboxylic acids is 1. The van der Waals surface area contributed by atoms with Crippen molar-refractivity contribution in [2.24, 2.45) is 0 Å². The van der Waals surface area contributed by atoms with Crippen LogP contribution in [0.15, 0.2) is 33.5 Å². The number of anilines is 1. The van der Waals surface area contributed by atoms with E-state index in [0.29, 0.717) is 16.9 Å². The van der Waals surface area contributed by atoms with Crippen LogP contribution in [0.3, 0.4) is 0 Å². The van der Waals surface area contributed by atoms with E-state index < -0.39 is 5.97 Å². The Balaban J connectivity index is 1.91. The summed E-state index contributed by atoms with van der Waals surface area (Å²) in [6, 6.07) is 7.17. The molecule has 2 N–H and O–H groups in total. The first-order chi connectivity index (χ1) is 12.6. The Morgan fingerprint density at radius 3 is 2.77 bits per heavy atom. The number of nitrogen functional groups attached to an aromatic ring is 1. The third-order valence-electron chi connectivity index (χ3n) is 5.04. The van der Waals surface area contributed by atoms with Gasteiger partial charge in [-0.15, -0.1) is 0 Å². The number of rotatable bonds is 3. The molecule has 3 aromatic rings. The number of hydrogen-bond donors (Lipinski definition) is 1. The predicted octanol–water partition coefficient (Wildman–Crippen LogP) is 3.76. The number of pyridine rings is 1. The van der Waals surface area contributed by atoms with E-state index in [9.17, 15) is 9.59 Å². The van der Waals surface area contributed by atoms with Gasteiger partial charge in [0.2, 0.25) is 11.1 Å². The first-order valence-electron chi connectivity index (χ1n) is 8.92. The second kappa shape index (κ2) is 6.44. The van der Waals surface area contributed by atoms with Crippen LogP contribution < -0.4 is 11.2 Å². The van der Waals surface area contributed by atoms with Crippen molar-refractivity contribution >= 4 is 33.9 Å². The highest BCUT2D eigenvalue weighted by Gasteiger charge is 2.20. The number of nitrogens with zero attached hydrogens (tertiary/aromatic N) is 1. The maximum absolute atomic E-state index is 13.0. The standard InChI is InChI=1S/C20H20N2O4/c1-2-25-20(24)15-10-14-17(23)13-9-12(11-5-3-4-6-11)7-8-16(13)26-19(14)22-18(15)21/h7-11H,2-6H2,1H3,(H2,21,22). The number of carbonyl (C=O) groups is 1. The van der Waals surface area contributed by atoms with Gasteiger partial charge in [-0.05, 0) is 49.4 Å². The molecule has 0 bridgehead atoms. The second-order valence-electron chi connectivity index (χ2n) is 6.66. The van der Waals surface area contributed by atoms with Crippen molar-refractivity contribution in [2.45, 2.75) is 38.5 Å². The molecule has 0 radical (unpaired) electrons. The van der Waals surface area contributed by atoms with Crippen LogP contribution in [0.25, 0.3) is 22.1 Å². The predicted molar refractivity (Wildman–Crippen MR) is 99.4 cm³/mol. The van der Waals surface area contributed by atoms with Crippen molar-refractivity contribution in [3.05, 3.63) is 45.6 Å². The minimum absolute atomic E-state index is 0.0129. The van der Waals surface area contributed by atoms with E-state index >= 15 is 0 Å². The summed E-state index contributed by atoms with van der Waals surface area (Å²) < 4.78 is 10.8. The van der Waals surface area contributed by atoms with Crippen molar-refractivity contribution in [2.75, 3.05) is 12.3 Å². The molecule has 2 aromatic heterocycles. The molecule has 0 amide bonds. The molecule has 1 saturated carbocycles. The fourth-order valence-electron chi connectivity index (χ4n) is 3.70. The summed E-state index contributed by atoms with van der Waals surface area (Å²) in [4.78, 5) is 29.1. The first-order valence-corrected chi connectivity index (χ1v) is 8.92. The molecular formula is C20H20N2O4. The Bertz CT molecular complexity index is 1060. The molecule has 6 nitrogen and oxygen atoms in total. The summed E-state index contributed by atoms with van der Waals surface area (Å²) >= 11 is 0. The molecule has 0 spiro atoms. The Morgan fingerprint density at radius 1 is 1.27 bits per heavy atom. The smallest absolute Gasteiger partial charge is 0.341 e. The molecule has 0 atom stereocenters. The minimum Gasteiger partial charge on any atom is -0.462 e. The fourth-order valence-corrected chi connectivity index (χ4v) is 3.70. The third kappa shape index (κ3) is 2.71. The molecule has 0 saturated heterocycles. The summed E-state index contributed by atoms with van der Waals surface area (Å²) in [7, 11) is 0. The summed E-state index contributed by atoms with van der Waals surface area (Å²) in [5.74, 6) is -0.117. The Morgan fingerprint density at radius 2 is 2.04 bits per heavy atom. The van der Waals surface area contributed by atoms with Gasteiger partial charge >= 0.3 is 5.97 Å². The van der Waals surface area contributed by atoms with E-state index in [1.165, 1.54) is 18.9 Å². The van der Waals surface area contributed by atoms with Gasteiger partial charge in [-0.2, -0.15) is 4.98 Å². The molecule has 0 unspecified atom stereocenters. The van der Waals surface area contributed by atoms with Crippen LogP contribution >= 0.6 is 0 Å². The molecule has 0 aliphatic heterocycles. The lowest BCUT2D eigenvalue weighted by molar-refractivity contribution is 0.0527. The minimum atomic E-state index is -0.599. The van der Waals surface area contributed by atoms with Gasteiger partial charge in [0.15, 0.2) is 0 Å². The molecule has 134 valence electrons. The van der Waals surface area contributed by atoms with Gasteiger partial charge in [-0.1, -0.05) is 18.9 Å². The van der Waals surface area contributed by atoms with Gasteiger partial charge in [-0.25, -0.2) is 4.79 Å². The van der Waals surface area contributed by atoms with Crippen molar-refractivity contribution in [3.63, 3.8) is 0 Å². The van der Waals surface area contributed by atoms with E-state index in [0.717, 1.165) is 18.4 Å². The number of nitrogens with two attached hydrogens (primary N) is 1. The molecular weight excluding hydrogens is 332 g/mol. The van der Waals surface area contributed by atoms with E-state index in [1.54, 1.807) is 6.92 Å². The highest BCUT2D eigenvalue weighted by atomic mass is 16.5. The first kappa shape index (κ1) is 16.6. The van der Waals surface area contributed by atoms with Crippen molar-refractivity contribution in [1.82, 2.24) is 4.98 Å². The maximum atomic E-state index is 13.0. The Labute approximate surface area is 150 Å². The second-order valence-corrected chi connectivity index (χ2v) is 6.66. The lowest BCUT2D eigenvalue weighted by Gasteiger charge is -2.11. The zero-order chi connectivity index (χ0) is 18.3. The van der Waals surface area contributed by atoms with Crippen molar-refractivity contribution in [1.29, 1.82) is 0 Å². The number of aromatic nitrogens is 1. The average molecular weight is 352 g/mol. The fraction of sp³-hybridized carbons (Fsp3) is 0.350. The molecule has 26 heavy (non-hydrogen) atoms. The van der Waals surface area contributed by atoms with E-state index in [1.807, 2.05) is 18.2 Å². The van der Waals surface area contributed by atoms with Gasteiger partial charge in [0.25, 0.3) is 0 Å². The highest BCUT2D eigenvalue weighted by Crippen LogP contribution is 2.35. The van der Waals surface area contributed by atoms with Crippen molar-refractivity contribution in [3.8, 4) is 0 Å². The van der Waals surface area contributed by atoms with Crippen LogP contribution in [0.4, 0.5) is 5.82 Å². The van der Waals surface area contributed by atoms with Gasteiger partial charge < -0.3 is 14.9 Å². The van der Waals surface area contributed by atoms with E-state index in [4.69, 9.17) is 14.9 Å². The zero-order valence-corrected chi connectivity index (χ0v) is 14.6. The number of hydrogen-bond acceptors (Lipinski definition) is 6. The number of ether oxygens (including phenoxy) is 1. The van der Waals surface area contributed by atoms with Crippen LogP contribution in [-0.2, 0) is 4.74 Å². The van der Waals surface area contributed by atoms with Gasteiger partial charge in [0.05, 0.1) is 17.4 Å². The summed E-state index contributed by atoms with van der Waals surface area (Å²) in [5.41, 5.74) is 7.48. The maximum Gasteiger partial charge on any atom is 0.341 e. The van der Waals surface area contributed by atoms with E-state index in [-0.39, 0.29) is 34.5 Å². The monoisotopic (exact) mass is 352 g/mol. The molecule has 4 rings (SSSR count). The lowest BCUT2D eigenvalue weighted by atomic mass is 9.96. The molecule has 1 aromatic carbocycles. The normalized spacial score (nSPS) is 15.0.